The van der Waals surface area contributed by atoms with Gasteiger partial charge in [0.15, 0.2) is 0 Å². The van der Waals surface area contributed by atoms with Gasteiger partial charge in [0.1, 0.15) is 5.82 Å². The number of halogens is 4. The highest BCUT2D eigenvalue weighted by atomic mass is 32.2. The van der Waals surface area contributed by atoms with Gasteiger partial charge in [-0.2, -0.15) is 13.2 Å². The summed E-state index contributed by atoms with van der Waals surface area (Å²) in [5, 5.41) is 6.95. The summed E-state index contributed by atoms with van der Waals surface area (Å²) in [6.45, 7) is -0.278. The van der Waals surface area contributed by atoms with Crippen LogP contribution in [-0.2, 0) is 10.0 Å². The number of carbonyl (C=O) groups is 1. The molecule has 0 aliphatic carbocycles. The second-order valence-corrected chi connectivity index (χ2v) is 5.76. The van der Waals surface area contributed by atoms with Crippen LogP contribution in [0.1, 0.15) is 23.2 Å². The Morgan fingerprint density at radius 1 is 1.24 bits per heavy atom. The number of hydrogen-bond donors (Lipinski definition) is 2. The fraction of sp³-hybridized carbons (Fsp3) is 0.364. The summed E-state index contributed by atoms with van der Waals surface area (Å²) in [5.41, 5.74) is -0.342. The van der Waals surface area contributed by atoms with Gasteiger partial charge in [-0.3, -0.25) is 4.79 Å². The van der Waals surface area contributed by atoms with E-state index in [4.69, 9.17) is 5.14 Å². The standard InChI is InChI=1S/C11H12F4N2O3S/c12-8-4-7(5-9(6-8)21(16,19)20)10(18)17-3-1-2-11(13,14)15/h4-6H,1-3H2,(H,17,18)(H2,16,19,20). The van der Waals surface area contributed by atoms with Crippen molar-refractivity contribution in [3.8, 4) is 0 Å². The molecule has 3 N–H and O–H groups in total. The topological polar surface area (TPSA) is 89.3 Å². The molecule has 0 radical (unpaired) electrons. The molecule has 0 heterocycles. The molecule has 1 amide bonds. The maximum atomic E-state index is 13.2. The number of benzene rings is 1. The van der Waals surface area contributed by atoms with Crippen LogP contribution < -0.4 is 10.5 Å². The monoisotopic (exact) mass is 328 g/mol. The summed E-state index contributed by atoms with van der Waals surface area (Å²) in [4.78, 5) is 11.0. The number of primary sulfonamides is 1. The Hall–Kier alpha value is -1.68. The Kier molecular flexibility index (Phi) is 5.29. The summed E-state index contributed by atoms with van der Waals surface area (Å²) >= 11 is 0. The third-order valence-electron chi connectivity index (χ3n) is 2.38. The van der Waals surface area contributed by atoms with E-state index in [-0.39, 0.29) is 18.5 Å². The van der Waals surface area contributed by atoms with Gasteiger partial charge in [-0.05, 0) is 24.6 Å². The number of hydrogen-bond acceptors (Lipinski definition) is 3. The van der Waals surface area contributed by atoms with Gasteiger partial charge in [-0.15, -0.1) is 0 Å². The molecule has 0 spiro atoms. The predicted molar refractivity (Wildman–Crippen MR) is 65.4 cm³/mol. The Morgan fingerprint density at radius 2 is 1.86 bits per heavy atom. The lowest BCUT2D eigenvalue weighted by Crippen LogP contribution is -2.26. The third-order valence-corrected chi connectivity index (χ3v) is 3.28. The van der Waals surface area contributed by atoms with Crippen molar-refractivity contribution in [2.75, 3.05) is 6.54 Å². The van der Waals surface area contributed by atoms with Crippen LogP contribution in [0.3, 0.4) is 0 Å². The van der Waals surface area contributed by atoms with Gasteiger partial charge in [0.05, 0.1) is 4.90 Å². The number of amides is 1. The van der Waals surface area contributed by atoms with Crippen LogP contribution in [0, 0.1) is 5.82 Å². The molecule has 0 aromatic heterocycles. The number of nitrogens with one attached hydrogen (secondary N) is 1. The van der Waals surface area contributed by atoms with Crippen LogP contribution in [0.2, 0.25) is 0 Å². The van der Waals surface area contributed by atoms with Crippen molar-refractivity contribution in [1.82, 2.24) is 5.32 Å². The Morgan fingerprint density at radius 3 is 2.38 bits per heavy atom. The number of rotatable bonds is 5. The average molecular weight is 328 g/mol. The molecular weight excluding hydrogens is 316 g/mol. The molecule has 1 rings (SSSR count). The van der Waals surface area contributed by atoms with E-state index < -0.39 is 39.2 Å². The number of sulfonamides is 1. The lowest BCUT2D eigenvalue weighted by atomic mass is 10.2. The summed E-state index contributed by atoms with van der Waals surface area (Å²) in [7, 11) is -4.19. The largest absolute Gasteiger partial charge is 0.389 e. The zero-order chi connectivity index (χ0) is 16.3. The normalized spacial score (nSPS) is 12.2. The molecule has 0 bridgehead atoms. The zero-order valence-corrected chi connectivity index (χ0v) is 11.4. The molecule has 0 aliphatic heterocycles. The number of nitrogens with two attached hydrogens (primary N) is 1. The molecule has 21 heavy (non-hydrogen) atoms. The highest BCUT2D eigenvalue weighted by Gasteiger charge is 2.26. The fourth-order valence-corrected chi connectivity index (χ4v) is 2.02. The Bertz CT molecular complexity index is 629. The molecule has 0 fully saturated rings. The van der Waals surface area contributed by atoms with Gasteiger partial charge < -0.3 is 5.32 Å². The second-order valence-electron chi connectivity index (χ2n) is 4.20. The first-order chi connectivity index (χ1) is 9.49. The van der Waals surface area contributed by atoms with Crippen molar-refractivity contribution in [3.63, 3.8) is 0 Å². The Labute approximate surface area is 118 Å². The minimum absolute atomic E-state index is 0.278. The van der Waals surface area contributed by atoms with Crippen LogP contribution in [-0.4, -0.2) is 27.0 Å². The SMILES string of the molecule is NS(=O)(=O)c1cc(F)cc(C(=O)NCCCC(F)(F)F)c1. The number of carbonyl (C=O) groups excluding carboxylic acids is 1. The van der Waals surface area contributed by atoms with E-state index in [1.807, 2.05) is 0 Å². The molecular formula is C11H12F4N2O3S. The van der Waals surface area contributed by atoms with Crippen LogP contribution in [0.4, 0.5) is 17.6 Å². The van der Waals surface area contributed by atoms with Gasteiger partial charge in [-0.25, -0.2) is 17.9 Å². The highest BCUT2D eigenvalue weighted by molar-refractivity contribution is 7.89. The van der Waals surface area contributed by atoms with Gasteiger partial charge in [0.2, 0.25) is 10.0 Å². The molecule has 10 heteroatoms. The lowest BCUT2D eigenvalue weighted by molar-refractivity contribution is -0.135. The molecule has 0 saturated carbocycles. The van der Waals surface area contributed by atoms with Crippen molar-refractivity contribution in [2.24, 2.45) is 5.14 Å². The first kappa shape index (κ1) is 17.4. The molecule has 1 aromatic rings. The van der Waals surface area contributed by atoms with Crippen LogP contribution in [0.5, 0.6) is 0 Å². The van der Waals surface area contributed by atoms with Crippen molar-refractivity contribution in [3.05, 3.63) is 29.6 Å². The van der Waals surface area contributed by atoms with E-state index in [0.717, 1.165) is 12.1 Å². The highest BCUT2D eigenvalue weighted by Crippen LogP contribution is 2.20. The summed E-state index contributed by atoms with van der Waals surface area (Å²) in [6, 6.07) is 2.24. The minimum Gasteiger partial charge on any atom is -0.352 e. The van der Waals surface area contributed by atoms with Gasteiger partial charge in [-0.1, -0.05) is 0 Å². The maximum Gasteiger partial charge on any atom is 0.389 e. The van der Waals surface area contributed by atoms with E-state index in [2.05, 4.69) is 5.32 Å². The average Bonchev–Trinajstić information content (AvgIpc) is 2.31. The predicted octanol–water partition coefficient (Wildman–Crippen LogP) is 1.55. The maximum absolute atomic E-state index is 13.2. The van der Waals surface area contributed by atoms with E-state index in [1.54, 1.807) is 0 Å². The van der Waals surface area contributed by atoms with Gasteiger partial charge in [0.25, 0.3) is 5.91 Å². The summed E-state index contributed by atoms with van der Waals surface area (Å²) in [5.74, 6) is -1.89. The lowest BCUT2D eigenvalue weighted by Gasteiger charge is -2.08. The molecule has 5 nitrogen and oxygen atoms in total. The molecule has 1 aromatic carbocycles. The van der Waals surface area contributed by atoms with Crippen LogP contribution >= 0.6 is 0 Å². The first-order valence-electron chi connectivity index (χ1n) is 5.67. The van der Waals surface area contributed by atoms with E-state index >= 15 is 0 Å². The Balaban J connectivity index is 2.73. The minimum atomic E-state index is -4.33. The van der Waals surface area contributed by atoms with Crippen LogP contribution in [0.25, 0.3) is 0 Å². The van der Waals surface area contributed by atoms with Crippen molar-refractivity contribution >= 4 is 15.9 Å². The molecule has 0 unspecified atom stereocenters. The van der Waals surface area contributed by atoms with E-state index in [0.29, 0.717) is 6.07 Å². The summed E-state index contributed by atoms with van der Waals surface area (Å²) < 4.78 is 71.1. The van der Waals surface area contributed by atoms with Crippen molar-refractivity contribution in [1.29, 1.82) is 0 Å². The molecule has 0 saturated heterocycles. The smallest absolute Gasteiger partial charge is 0.352 e. The quantitative estimate of drug-likeness (QED) is 0.635. The van der Waals surface area contributed by atoms with Gasteiger partial charge in [0, 0.05) is 18.5 Å². The van der Waals surface area contributed by atoms with E-state index in [9.17, 15) is 30.8 Å². The van der Waals surface area contributed by atoms with Crippen molar-refractivity contribution in [2.45, 2.75) is 23.9 Å². The van der Waals surface area contributed by atoms with E-state index in [1.165, 1.54) is 0 Å². The molecule has 0 atom stereocenters. The second kappa shape index (κ2) is 6.39. The zero-order valence-electron chi connectivity index (χ0n) is 10.6. The fourth-order valence-electron chi connectivity index (χ4n) is 1.45. The molecule has 118 valence electrons. The van der Waals surface area contributed by atoms with Crippen molar-refractivity contribution < 1.29 is 30.8 Å². The first-order valence-corrected chi connectivity index (χ1v) is 7.22. The van der Waals surface area contributed by atoms with Crippen LogP contribution in [0.15, 0.2) is 23.1 Å². The molecule has 0 aliphatic rings. The third kappa shape index (κ3) is 6.08. The number of alkyl halides is 3. The summed E-state index contributed by atoms with van der Waals surface area (Å²) in [6.07, 6.45) is -5.74. The van der Waals surface area contributed by atoms with Gasteiger partial charge >= 0.3 is 6.18 Å².